The lowest BCUT2D eigenvalue weighted by Crippen LogP contribution is -2.19. The molecule has 0 unspecified atom stereocenters. The van der Waals surface area contributed by atoms with Crippen LogP contribution in [0, 0.1) is 0 Å². The Balaban J connectivity index is 2.98. The second-order valence-corrected chi connectivity index (χ2v) is 4.27. The molecule has 0 saturated heterocycles. The molecular formula is C10H9BrClF3O2. The highest BCUT2D eigenvalue weighted by molar-refractivity contribution is 9.10. The van der Waals surface area contributed by atoms with Gasteiger partial charge in [0.1, 0.15) is 0 Å². The Morgan fingerprint density at radius 2 is 2.00 bits per heavy atom. The third-order valence-corrected chi connectivity index (χ3v) is 2.72. The van der Waals surface area contributed by atoms with Gasteiger partial charge in [0.05, 0.1) is 11.6 Å². The third-order valence-electron chi connectivity index (χ3n) is 1.82. The van der Waals surface area contributed by atoms with Crippen molar-refractivity contribution in [1.82, 2.24) is 0 Å². The van der Waals surface area contributed by atoms with Crippen LogP contribution in [0.4, 0.5) is 13.2 Å². The maximum atomic E-state index is 12.1. The van der Waals surface area contributed by atoms with Crippen molar-refractivity contribution < 1.29 is 22.6 Å². The number of halogens is 5. The lowest BCUT2D eigenvalue weighted by atomic mass is 10.2. The highest BCUT2D eigenvalue weighted by Crippen LogP contribution is 2.37. The van der Waals surface area contributed by atoms with Crippen LogP contribution in [-0.4, -0.2) is 19.9 Å². The molecule has 1 rings (SSSR count). The first kappa shape index (κ1) is 14.4. The van der Waals surface area contributed by atoms with Crippen molar-refractivity contribution in [3.63, 3.8) is 0 Å². The van der Waals surface area contributed by atoms with Crippen LogP contribution in [0.15, 0.2) is 16.6 Å². The van der Waals surface area contributed by atoms with Gasteiger partial charge in [0.25, 0.3) is 0 Å². The fourth-order valence-electron chi connectivity index (χ4n) is 1.14. The standard InChI is InChI=1S/C10H9BrClF3O2/c1-16-8-3-6(4-12)2-7(11)9(8)17-5-10(13,14)15/h2-3H,4-5H2,1H3. The molecule has 0 heterocycles. The van der Waals surface area contributed by atoms with Gasteiger partial charge in [0.2, 0.25) is 0 Å². The highest BCUT2D eigenvalue weighted by atomic mass is 79.9. The van der Waals surface area contributed by atoms with Crippen molar-refractivity contribution in [2.24, 2.45) is 0 Å². The monoisotopic (exact) mass is 332 g/mol. The Labute approximate surface area is 110 Å². The minimum absolute atomic E-state index is 0.0127. The molecular weight excluding hydrogens is 324 g/mol. The molecule has 0 amide bonds. The highest BCUT2D eigenvalue weighted by Gasteiger charge is 2.29. The summed E-state index contributed by atoms with van der Waals surface area (Å²) in [4.78, 5) is 0. The lowest BCUT2D eigenvalue weighted by molar-refractivity contribution is -0.153. The van der Waals surface area contributed by atoms with Gasteiger partial charge in [-0.1, -0.05) is 0 Å². The maximum Gasteiger partial charge on any atom is 0.422 e. The Kier molecular flexibility index (Phi) is 4.94. The van der Waals surface area contributed by atoms with Gasteiger partial charge in [-0.2, -0.15) is 13.2 Å². The Morgan fingerprint density at radius 3 is 2.47 bits per heavy atom. The molecule has 0 spiro atoms. The molecule has 0 fully saturated rings. The molecule has 0 aromatic heterocycles. The number of methoxy groups -OCH3 is 1. The predicted molar refractivity (Wildman–Crippen MR) is 61.8 cm³/mol. The van der Waals surface area contributed by atoms with Crippen molar-refractivity contribution in [3.05, 3.63) is 22.2 Å². The summed E-state index contributed by atoms with van der Waals surface area (Å²) in [5.74, 6) is 0.451. The van der Waals surface area contributed by atoms with E-state index in [2.05, 4.69) is 20.7 Å². The van der Waals surface area contributed by atoms with Crippen LogP contribution in [0.2, 0.25) is 0 Å². The van der Waals surface area contributed by atoms with Crippen LogP contribution in [0.5, 0.6) is 11.5 Å². The van der Waals surface area contributed by atoms with Gasteiger partial charge in [-0.3, -0.25) is 0 Å². The number of alkyl halides is 4. The van der Waals surface area contributed by atoms with E-state index in [4.69, 9.17) is 16.3 Å². The van der Waals surface area contributed by atoms with Crippen LogP contribution in [0.25, 0.3) is 0 Å². The zero-order chi connectivity index (χ0) is 13.1. The van der Waals surface area contributed by atoms with Crippen LogP contribution >= 0.6 is 27.5 Å². The Hall–Kier alpha value is -0.620. The Morgan fingerprint density at radius 1 is 1.35 bits per heavy atom. The molecule has 0 aliphatic rings. The zero-order valence-electron chi connectivity index (χ0n) is 8.78. The van der Waals surface area contributed by atoms with E-state index in [0.717, 1.165) is 5.56 Å². The normalized spacial score (nSPS) is 11.4. The first-order valence-corrected chi connectivity index (χ1v) is 5.82. The molecule has 0 radical (unpaired) electrons. The van der Waals surface area contributed by atoms with E-state index in [1.165, 1.54) is 13.2 Å². The van der Waals surface area contributed by atoms with E-state index >= 15 is 0 Å². The van der Waals surface area contributed by atoms with Crippen molar-refractivity contribution in [1.29, 1.82) is 0 Å². The first-order valence-electron chi connectivity index (χ1n) is 4.49. The summed E-state index contributed by atoms with van der Waals surface area (Å²) in [6, 6.07) is 3.12. The van der Waals surface area contributed by atoms with Crippen molar-refractivity contribution in [2.45, 2.75) is 12.1 Å². The van der Waals surface area contributed by atoms with Gasteiger partial charge in [0, 0.05) is 5.88 Å². The molecule has 0 atom stereocenters. The summed E-state index contributed by atoms with van der Waals surface area (Å²) in [6.07, 6.45) is -4.39. The number of hydrogen-bond acceptors (Lipinski definition) is 2. The van der Waals surface area contributed by atoms with Gasteiger partial charge in [0.15, 0.2) is 18.1 Å². The molecule has 0 saturated carbocycles. The molecule has 0 bridgehead atoms. The van der Waals surface area contributed by atoms with Crippen molar-refractivity contribution in [3.8, 4) is 11.5 Å². The summed E-state index contributed by atoms with van der Waals surface area (Å²) in [5, 5.41) is 0. The van der Waals surface area contributed by atoms with E-state index in [0.29, 0.717) is 4.47 Å². The van der Waals surface area contributed by atoms with Crippen LogP contribution < -0.4 is 9.47 Å². The fraction of sp³-hybridized carbons (Fsp3) is 0.400. The quantitative estimate of drug-likeness (QED) is 0.771. The molecule has 2 nitrogen and oxygen atoms in total. The number of ether oxygens (including phenoxy) is 2. The average Bonchev–Trinajstić information content (AvgIpc) is 2.25. The topological polar surface area (TPSA) is 18.5 Å². The van der Waals surface area contributed by atoms with E-state index in [9.17, 15) is 13.2 Å². The molecule has 0 aliphatic heterocycles. The van der Waals surface area contributed by atoms with Gasteiger partial charge < -0.3 is 9.47 Å². The largest absolute Gasteiger partial charge is 0.493 e. The molecule has 1 aromatic carbocycles. The van der Waals surface area contributed by atoms with Gasteiger partial charge in [-0.15, -0.1) is 11.6 Å². The summed E-state index contributed by atoms with van der Waals surface area (Å²) < 4.78 is 46.2. The van der Waals surface area contributed by atoms with E-state index < -0.39 is 12.8 Å². The summed E-state index contributed by atoms with van der Waals surface area (Å²) in [7, 11) is 1.35. The van der Waals surface area contributed by atoms with E-state index in [1.807, 2.05) is 0 Å². The molecule has 96 valence electrons. The summed E-state index contributed by atoms with van der Waals surface area (Å²) in [6.45, 7) is -1.37. The molecule has 17 heavy (non-hydrogen) atoms. The van der Waals surface area contributed by atoms with Crippen LogP contribution in [0.1, 0.15) is 5.56 Å². The molecule has 0 aliphatic carbocycles. The van der Waals surface area contributed by atoms with Crippen molar-refractivity contribution >= 4 is 27.5 Å². The van der Waals surface area contributed by atoms with E-state index in [1.54, 1.807) is 6.07 Å². The van der Waals surface area contributed by atoms with Gasteiger partial charge in [-0.05, 0) is 33.6 Å². The number of benzene rings is 1. The second kappa shape index (κ2) is 5.82. The molecule has 0 N–H and O–H groups in total. The minimum atomic E-state index is -4.39. The smallest absolute Gasteiger partial charge is 0.422 e. The molecule has 1 aromatic rings. The van der Waals surface area contributed by atoms with Crippen molar-refractivity contribution in [2.75, 3.05) is 13.7 Å². The fourth-order valence-corrected chi connectivity index (χ4v) is 1.90. The zero-order valence-corrected chi connectivity index (χ0v) is 11.1. The average molecular weight is 334 g/mol. The molecule has 7 heteroatoms. The summed E-state index contributed by atoms with van der Waals surface area (Å²) >= 11 is 8.75. The first-order chi connectivity index (χ1) is 7.87. The SMILES string of the molecule is COc1cc(CCl)cc(Br)c1OCC(F)(F)F. The number of rotatable bonds is 4. The van der Waals surface area contributed by atoms with Crippen LogP contribution in [0.3, 0.4) is 0 Å². The maximum absolute atomic E-state index is 12.1. The van der Waals surface area contributed by atoms with Crippen LogP contribution in [-0.2, 0) is 5.88 Å². The van der Waals surface area contributed by atoms with Gasteiger partial charge in [-0.25, -0.2) is 0 Å². The third kappa shape index (κ3) is 4.27. The minimum Gasteiger partial charge on any atom is -0.493 e. The van der Waals surface area contributed by atoms with Gasteiger partial charge >= 0.3 is 6.18 Å². The Bertz CT molecular complexity index is 396. The second-order valence-electron chi connectivity index (χ2n) is 3.15. The predicted octanol–water partition coefficient (Wildman–Crippen LogP) is 4.14. The summed E-state index contributed by atoms with van der Waals surface area (Å²) in [5.41, 5.74) is 0.717. The lowest BCUT2D eigenvalue weighted by Gasteiger charge is -2.14. The van der Waals surface area contributed by atoms with E-state index in [-0.39, 0.29) is 17.4 Å². The number of hydrogen-bond donors (Lipinski definition) is 0.